The van der Waals surface area contributed by atoms with Crippen LogP contribution >= 0.6 is 35.0 Å². The number of anilines is 1. The number of para-hydroxylation sites is 1. The zero-order chi connectivity index (χ0) is 21.5. The Balaban J connectivity index is 1.68. The third-order valence-corrected chi connectivity index (χ3v) is 8.74. The van der Waals surface area contributed by atoms with Crippen molar-refractivity contribution in [2.75, 3.05) is 23.5 Å². The van der Waals surface area contributed by atoms with Gasteiger partial charge in [-0.05, 0) is 24.3 Å². The Morgan fingerprint density at radius 3 is 2.73 bits per heavy atom. The Hall–Kier alpha value is -1.74. The van der Waals surface area contributed by atoms with Crippen LogP contribution in [-0.2, 0) is 21.1 Å². The highest BCUT2D eigenvalue weighted by Gasteiger charge is 2.49. The van der Waals surface area contributed by atoms with Crippen LogP contribution in [0, 0.1) is 0 Å². The summed E-state index contributed by atoms with van der Waals surface area (Å²) in [6.07, 6.45) is 0.0733. The first-order valence-corrected chi connectivity index (χ1v) is 12.6. The molecule has 0 N–H and O–H groups in total. The quantitative estimate of drug-likeness (QED) is 0.655. The van der Waals surface area contributed by atoms with E-state index in [0.717, 1.165) is 5.56 Å². The van der Waals surface area contributed by atoms with E-state index in [4.69, 9.17) is 27.9 Å². The predicted octanol–water partition coefficient (Wildman–Crippen LogP) is 3.85. The van der Waals surface area contributed by atoms with E-state index in [1.165, 1.54) is 11.8 Å². The Kier molecular flexibility index (Phi) is 6.03. The normalized spacial score (nSPS) is 23.6. The maximum atomic E-state index is 12.7. The summed E-state index contributed by atoms with van der Waals surface area (Å²) in [5.74, 6) is 0.304. The summed E-state index contributed by atoms with van der Waals surface area (Å²) in [6, 6.07) is 11.9. The van der Waals surface area contributed by atoms with Gasteiger partial charge in [-0.25, -0.2) is 8.42 Å². The minimum Gasteiger partial charge on any atom is -0.496 e. The largest absolute Gasteiger partial charge is 0.496 e. The van der Waals surface area contributed by atoms with E-state index in [2.05, 4.69) is 4.99 Å². The predicted molar refractivity (Wildman–Crippen MR) is 122 cm³/mol. The Morgan fingerprint density at radius 1 is 1.23 bits per heavy atom. The first-order valence-electron chi connectivity index (χ1n) is 9.12. The molecule has 2 aliphatic rings. The number of nitrogens with zero attached hydrogens (tertiary/aromatic N) is 2. The van der Waals surface area contributed by atoms with Crippen molar-refractivity contribution < 1.29 is 17.9 Å². The minimum absolute atomic E-state index is 0.0106. The zero-order valence-electron chi connectivity index (χ0n) is 15.9. The molecule has 10 heteroatoms. The number of ether oxygens (including phenoxy) is 1. The van der Waals surface area contributed by atoms with Crippen LogP contribution in [0.1, 0.15) is 5.56 Å². The number of sulfone groups is 1. The number of benzene rings is 2. The fourth-order valence-corrected chi connectivity index (χ4v) is 8.10. The van der Waals surface area contributed by atoms with Crippen molar-refractivity contribution in [1.82, 2.24) is 0 Å². The van der Waals surface area contributed by atoms with E-state index < -0.39 is 9.84 Å². The SMILES string of the molecule is COc1ccccc1CC(=O)N=C1S[C@@H]2CS(=O)(=O)C[C@@H]2N1c1ccc(Cl)cc1Cl. The number of fused-ring (bicyclic) bond motifs is 1. The summed E-state index contributed by atoms with van der Waals surface area (Å²) in [5, 5.41) is 1.08. The van der Waals surface area contributed by atoms with E-state index >= 15 is 0 Å². The van der Waals surface area contributed by atoms with Crippen molar-refractivity contribution in [2.45, 2.75) is 17.7 Å². The maximum Gasteiger partial charge on any atom is 0.252 e. The number of thioether (sulfide) groups is 1. The van der Waals surface area contributed by atoms with Crippen LogP contribution in [-0.4, -0.2) is 49.4 Å². The lowest BCUT2D eigenvalue weighted by molar-refractivity contribution is -0.117. The van der Waals surface area contributed by atoms with Gasteiger partial charge in [0.25, 0.3) is 5.91 Å². The highest BCUT2D eigenvalue weighted by atomic mass is 35.5. The summed E-state index contributed by atoms with van der Waals surface area (Å²) in [7, 11) is -1.62. The van der Waals surface area contributed by atoms with Crippen LogP contribution in [0.5, 0.6) is 5.75 Å². The van der Waals surface area contributed by atoms with Crippen molar-refractivity contribution in [3.8, 4) is 5.75 Å². The number of carbonyl (C=O) groups excluding carboxylic acids is 1. The van der Waals surface area contributed by atoms with Crippen LogP contribution < -0.4 is 9.64 Å². The molecule has 1 amide bonds. The first kappa shape index (κ1) is 21.5. The van der Waals surface area contributed by atoms with Crippen molar-refractivity contribution in [2.24, 2.45) is 4.99 Å². The molecule has 2 aromatic carbocycles. The number of amidine groups is 1. The number of aliphatic imine (C=N–C) groups is 1. The number of carbonyl (C=O) groups is 1. The summed E-state index contributed by atoms with van der Waals surface area (Å²) < 4.78 is 29.7. The molecule has 0 saturated carbocycles. The monoisotopic (exact) mass is 484 g/mol. The average Bonchev–Trinajstić information content (AvgIpc) is 3.13. The molecule has 0 spiro atoms. The first-order chi connectivity index (χ1) is 14.3. The third kappa shape index (κ3) is 4.32. The number of methoxy groups -OCH3 is 1. The van der Waals surface area contributed by atoms with Gasteiger partial charge in [-0.2, -0.15) is 4.99 Å². The lowest BCUT2D eigenvalue weighted by Gasteiger charge is -2.25. The Morgan fingerprint density at radius 2 is 2.00 bits per heavy atom. The maximum absolute atomic E-state index is 12.7. The summed E-state index contributed by atoms with van der Waals surface area (Å²) in [6.45, 7) is 0. The van der Waals surface area contributed by atoms with Gasteiger partial charge in [0.15, 0.2) is 15.0 Å². The van der Waals surface area contributed by atoms with Crippen molar-refractivity contribution in [3.05, 3.63) is 58.1 Å². The van der Waals surface area contributed by atoms with Gasteiger partial charge >= 0.3 is 0 Å². The Labute approximate surface area is 189 Å². The standard InChI is InChI=1S/C20H18Cl2N2O4S2/c1-28-17-5-3-2-4-12(17)8-19(25)23-20-24(15-7-6-13(21)9-14(15)22)16-10-30(26,27)11-18(16)29-20/h2-7,9,16,18H,8,10-11H2,1H3/t16-,18+/m0/s1. The van der Waals surface area contributed by atoms with Gasteiger partial charge in [0.1, 0.15) is 5.75 Å². The summed E-state index contributed by atoms with van der Waals surface area (Å²) >= 11 is 13.7. The van der Waals surface area contributed by atoms with Crippen LogP contribution in [0.25, 0.3) is 0 Å². The lowest BCUT2D eigenvalue weighted by Crippen LogP contribution is -2.38. The smallest absolute Gasteiger partial charge is 0.252 e. The molecule has 2 aromatic rings. The lowest BCUT2D eigenvalue weighted by atomic mass is 10.1. The fraction of sp³-hybridized carbons (Fsp3) is 0.300. The van der Waals surface area contributed by atoms with Gasteiger partial charge < -0.3 is 9.64 Å². The van der Waals surface area contributed by atoms with Gasteiger partial charge in [-0.1, -0.05) is 53.2 Å². The highest BCUT2D eigenvalue weighted by Crippen LogP contribution is 2.43. The van der Waals surface area contributed by atoms with E-state index in [-0.39, 0.29) is 35.1 Å². The second-order valence-electron chi connectivity index (χ2n) is 7.04. The molecule has 0 aromatic heterocycles. The number of amides is 1. The van der Waals surface area contributed by atoms with Crippen LogP contribution in [0.3, 0.4) is 0 Å². The van der Waals surface area contributed by atoms with Crippen LogP contribution in [0.15, 0.2) is 47.5 Å². The molecule has 2 atom stereocenters. The molecule has 2 heterocycles. The second-order valence-corrected chi connectivity index (χ2v) is 11.2. The third-order valence-electron chi connectivity index (χ3n) is 4.99. The van der Waals surface area contributed by atoms with E-state index in [9.17, 15) is 13.2 Å². The van der Waals surface area contributed by atoms with Gasteiger partial charge in [0.05, 0.1) is 41.8 Å². The molecule has 30 heavy (non-hydrogen) atoms. The summed E-state index contributed by atoms with van der Waals surface area (Å²) in [5.41, 5.74) is 1.32. The second kappa shape index (κ2) is 8.42. The molecule has 0 aliphatic carbocycles. The summed E-state index contributed by atoms with van der Waals surface area (Å²) in [4.78, 5) is 18.8. The van der Waals surface area contributed by atoms with Gasteiger partial charge in [-0.3, -0.25) is 4.79 Å². The molecular formula is C20H18Cl2N2O4S2. The van der Waals surface area contributed by atoms with Gasteiger partial charge in [0, 0.05) is 15.8 Å². The fourth-order valence-electron chi connectivity index (χ4n) is 3.68. The number of hydrogen-bond acceptors (Lipinski definition) is 5. The molecule has 0 radical (unpaired) electrons. The minimum atomic E-state index is -3.16. The topological polar surface area (TPSA) is 76.0 Å². The molecule has 0 bridgehead atoms. The van der Waals surface area contributed by atoms with Crippen LogP contribution in [0.2, 0.25) is 10.0 Å². The molecule has 2 fully saturated rings. The van der Waals surface area contributed by atoms with Gasteiger partial charge in [0.2, 0.25) is 0 Å². The highest BCUT2D eigenvalue weighted by molar-refractivity contribution is 8.16. The van der Waals surface area contributed by atoms with Gasteiger partial charge in [-0.15, -0.1) is 0 Å². The molecule has 2 saturated heterocycles. The van der Waals surface area contributed by atoms with Crippen molar-refractivity contribution in [1.29, 1.82) is 0 Å². The van der Waals surface area contributed by atoms with E-state index in [1.807, 2.05) is 18.2 Å². The zero-order valence-corrected chi connectivity index (χ0v) is 19.1. The Bertz CT molecular complexity index is 1140. The van der Waals surface area contributed by atoms with Crippen molar-refractivity contribution >= 4 is 61.6 Å². The molecule has 2 aliphatic heterocycles. The number of hydrogen-bond donors (Lipinski definition) is 0. The molecular weight excluding hydrogens is 467 g/mol. The average molecular weight is 485 g/mol. The van der Waals surface area contributed by atoms with E-state index in [0.29, 0.717) is 26.6 Å². The number of rotatable bonds is 4. The van der Waals surface area contributed by atoms with E-state index in [1.54, 1.807) is 36.3 Å². The molecule has 4 rings (SSSR count). The molecule has 0 unspecified atom stereocenters. The van der Waals surface area contributed by atoms with Crippen molar-refractivity contribution in [3.63, 3.8) is 0 Å². The molecule has 6 nitrogen and oxygen atoms in total. The number of halogens is 2. The molecule has 158 valence electrons. The van der Waals surface area contributed by atoms with Crippen LogP contribution in [0.4, 0.5) is 5.69 Å².